The molecule has 0 N–H and O–H groups in total. The van der Waals surface area contributed by atoms with E-state index in [2.05, 4.69) is 133 Å². The number of fused-ring (bicyclic) bond motifs is 9. The lowest BCUT2D eigenvalue weighted by Crippen LogP contribution is -2.31. The van der Waals surface area contributed by atoms with Gasteiger partial charge in [-0.05, 0) is 98.1 Å². The second kappa shape index (κ2) is 13.7. The van der Waals surface area contributed by atoms with Gasteiger partial charge in [0.2, 0.25) is 0 Å². The molecule has 1 aliphatic carbocycles. The van der Waals surface area contributed by atoms with Gasteiger partial charge >= 0.3 is 0 Å². The molecule has 1 aromatic heterocycles. The molecule has 270 valence electrons. The second-order valence-electron chi connectivity index (χ2n) is 14.7. The first-order valence-electron chi connectivity index (χ1n) is 19.3. The van der Waals surface area contributed by atoms with E-state index in [1.165, 1.54) is 32.0 Å². The number of aromatic nitrogens is 3. The van der Waals surface area contributed by atoms with Gasteiger partial charge in [0.05, 0.1) is 17.0 Å². The summed E-state index contributed by atoms with van der Waals surface area (Å²) in [5.74, 6) is 1.90. The summed E-state index contributed by atoms with van der Waals surface area (Å²) in [7, 11) is 0. The Morgan fingerprint density at radius 2 is 0.793 bits per heavy atom. The minimum absolute atomic E-state index is 0.492. The Labute approximate surface area is 341 Å². The number of hydrogen-bond donors (Lipinski definition) is 0. The first-order chi connectivity index (χ1) is 28.7. The third-order valence-electron chi connectivity index (χ3n) is 11.4. The van der Waals surface area contributed by atoms with Gasteiger partial charge in [-0.2, -0.15) is 5.26 Å². The van der Waals surface area contributed by atoms with E-state index >= 15 is 0 Å². The molecule has 58 heavy (non-hydrogen) atoms. The van der Waals surface area contributed by atoms with Crippen molar-refractivity contribution < 1.29 is 0 Å². The van der Waals surface area contributed by atoms with Gasteiger partial charge < -0.3 is 0 Å². The van der Waals surface area contributed by atoms with E-state index in [4.69, 9.17) is 15.0 Å². The first-order valence-corrected chi connectivity index (χ1v) is 20.1. The zero-order valence-corrected chi connectivity index (χ0v) is 32.0. The molecule has 0 saturated carbocycles. The Bertz CT molecular complexity index is 3010. The summed E-state index contributed by atoms with van der Waals surface area (Å²) >= 11 is 1.84. The zero-order chi connectivity index (χ0) is 38.6. The molecule has 0 amide bonds. The molecule has 5 heteroatoms. The maximum Gasteiger partial charge on any atom is 0.164 e. The van der Waals surface area contributed by atoms with Crippen LogP contribution in [0, 0.1) is 11.3 Å². The number of hydrogen-bond acceptors (Lipinski definition) is 5. The van der Waals surface area contributed by atoms with Crippen LogP contribution in [-0.2, 0) is 5.41 Å². The van der Waals surface area contributed by atoms with Gasteiger partial charge in [0.25, 0.3) is 0 Å². The fourth-order valence-electron chi connectivity index (χ4n) is 8.81. The molecule has 0 bridgehead atoms. The normalized spacial score (nSPS) is 12.9. The molecule has 0 fully saturated rings. The molecular weight excluding hydrogens is 725 g/mol. The van der Waals surface area contributed by atoms with Gasteiger partial charge in [-0.25, -0.2) is 15.0 Å². The predicted octanol–water partition coefficient (Wildman–Crippen LogP) is 12.9. The highest BCUT2D eigenvalue weighted by Gasteiger charge is 2.50. The number of rotatable bonds is 5. The van der Waals surface area contributed by atoms with Crippen molar-refractivity contribution in [3.63, 3.8) is 0 Å². The van der Waals surface area contributed by atoms with E-state index in [9.17, 15) is 5.26 Å². The summed E-state index contributed by atoms with van der Waals surface area (Å²) in [6, 6.07) is 70.4. The lowest BCUT2D eigenvalue weighted by atomic mass is 9.67. The van der Waals surface area contributed by atoms with E-state index in [1.54, 1.807) is 0 Å². The van der Waals surface area contributed by atoms with Crippen LogP contribution in [0.3, 0.4) is 0 Å². The lowest BCUT2D eigenvalue weighted by Gasteiger charge is -2.39. The van der Waals surface area contributed by atoms with Crippen molar-refractivity contribution in [2.24, 2.45) is 0 Å². The Kier molecular flexibility index (Phi) is 7.99. The Balaban J connectivity index is 1.03. The van der Waals surface area contributed by atoms with Crippen molar-refractivity contribution in [2.45, 2.75) is 15.2 Å². The lowest BCUT2D eigenvalue weighted by molar-refractivity contribution is 0.722. The molecule has 0 unspecified atom stereocenters. The number of nitriles is 1. The summed E-state index contributed by atoms with van der Waals surface area (Å²) < 4.78 is 0. The molecule has 1 spiro atoms. The highest BCUT2D eigenvalue weighted by atomic mass is 32.2. The van der Waals surface area contributed by atoms with Crippen LogP contribution < -0.4 is 0 Å². The summed E-state index contributed by atoms with van der Waals surface area (Å²) in [5.41, 5.74) is 14.6. The Morgan fingerprint density at radius 1 is 0.362 bits per heavy atom. The highest BCUT2D eigenvalue weighted by Crippen LogP contribution is 2.62. The molecule has 2 aliphatic rings. The molecule has 0 saturated heterocycles. The van der Waals surface area contributed by atoms with Gasteiger partial charge in [-0.1, -0.05) is 163 Å². The van der Waals surface area contributed by atoms with Crippen LogP contribution in [0.4, 0.5) is 0 Å². The van der Waals surface area contributed by atoms with Crippen LogP contribution in [-0.4, -0.2) is 15.0 Å². The Hall–Kier alpha value is -7.39. The summed E-state index contributed by atoms with van der Waals surface area (Å²) in [6.45, 7) is 0. The minimum atomic E-state index is -0.492. The summed E-state index contributed by atoms with van der Waals surface area (Å²) in [6.07, 6.45) is 0. The third-order valence-corrected chi connectivity index (χ3v) is 12.6. The second-order valence-corrected chi connectivity index (χ2v) is 15.8. The van der Waals surface area contributed by atoms with E-state index in [1.807, 2.05) is 78.5 Å². The van der Waals surface area contributed by atoms with E-state index in [0.29, 0.717) is 23.0 Å². The zero-order valence-electron chi connectivity index (χ0n) is 31.2. The highest BCUT2D eigenvalue weighted by molar-refractivity contribution is 7.99. The van der Waals surface area contributed by atoms with Crippen molar-refractivity contribution in [1.82, 2.24) is 15.0 Å². The van der Waals surface area contributed by atoms with Crippen LogP contribution in [0.2, 0.25) is 0 Å². The topological polar surface area (TPSA) is 62.5 Å². The standard InChI is InChI=1S/C53H32N4S/c54-33-34-25-27-44-42(29-34)43-32-40(26-28-45(43)53(44)46-21-7-9-23-48(46)58-49-24-10-8-22-47(49)53)38-18-11-17-37(30-38)39-19-12-20-41(31-39)52-56-50(35-13-3-1-4-14-35)55-51(57-52)36-15-5-2-6-16-36/h1-32H. The summed E-state index contributed by atoms with van der Waals surface area (Å²) in [4.78, 5) is 17.4. The van der Waals surface area contributed by atoms with E-state index in [-0.39, 0.29) is 0 Å². The fourth-order valence-corrected chi connectivity index (χ4v) is 10.0. The molecule has 11 rings (SSSR count). The number of benzene rings is 8. The van der Waals surface area contributed by atoms with Crippen molar-refractivity contribution in [3.8, 4) is 73.6 Å². The largest absolute Gasteiger partial charge is 0.208 e. The van der Waals surface area contributed by atoms with Gasteiger partial charge in [-0.15, -0.1) is 0 Å². The third kappa shape index (κ3) is 5.42. The SMILES string of the molecule is N#Cc1ccc2c(c1)-c1cc(-c3cccc(-c4cccc(-c5nc(-c6ccccc6)nc(-c6ccccc6)n5)c4)c3)ccc1C21c2ccccc2Sc2ccccc21. The fraction of sp³-hybridized carbons (Fsp3) is 0.0189. The molecule has 0 atom stereocenters. The monoisotopic (exact) mass is 756 g/mol. The smallest absolute Gasteiger partial charge is 0.164 e. The average molecular weight is 757 g/mol. The first kappa shape index (κ1) is 33.9. The number of nitrogens with zero attached hydrogens (tertiary/aromatic N) is 4. The van der Waals surface area contributed by atoms with Crippen molar-refractivity contribution in [2.75, 3.05) is 0 Å². The molecule has 9 aromatic rings. The quantitative estimate of drug-likeness (QED) is 0.175. The Morgan fingerprint density at radius 3 is 1.36 bits per heavy atom. The maximum atomic E-state index is 10.1. The van der Waals surface area contributed by atoms with Crippen LogP contribution >= 0.6 is 11.8 Å². The van der Waals surface area contributed by atoms with Crippen molar-refractivity contribution in [3.05, 3.63) is 222 Å². The van der Waals surface area contributed by atoms with Crippen molar-refractivity contribution in [1.29, 1.82) is 5.26 Å². The van der Waals surface area contributed by atoms with Crippen molar-refractivity contribution >= 4 is 11.8 Å². The van der Waals surface area contributed by atoms with Crippen LogP contribution in [0.15, 0.2) is 204 Å². The van der Waals surface area contributed by atoms with Gasteiger partial charge in [0.1, 0.15) is 0 Å². The molecule has 4 nitrogen and oxygen atoms in total. The van der Waals surface area contributed by atoms with E-state index in [0.717, 1.165) is 50.1 Å². The average Bonchev–Trinajstić information content (AvgIpc) is 3.58. The molecule has 2 heterocycles. The molecule has 8 aromatic carbocycles. The molecule has 0 radical (unpaired) electrons. The van der Waals surface area contributed by atoms with E-state index < -0.39 is 5.41 Å². The van der Waals surface area contributed by atoms with Gasteiger partial charge in [-0.3, -0.25) is 0 Å². The minimum Gasteiger partial charge on any atom is -0.208 e. The van der Waals surface area contributed by atoms with Crippen LogP contribution in [0.25, 0.3) is 67.5 Å². The van der Waals surface area contributed by atoms with Crippen LogP contribution in [0.1, 0.15) is 27.8 Å². The van der Waals surface area contributed by atoms with Gasteiger partial charge in [0.15, 0.2) is 17.5 Å². The summed E-state index contributed by atoms with van der Waals surface area (Å²) in [5, 5.41) is 10.1. The van der Waals surface area contributed by atoms with Crippen LogP contribution in [0.5, 0.6) is 0 Å². The predicted molar refractivity (Wildman–Crippen MR) is 233 cm³/mol. The maximum absolute atomic E-state index is 10.1. The van der Waals surface area contributed by atoms with Gasteiger partial charge in [0, 0.05) is 26.5 Å². The molecule has 1 aliphatic heterocycles. The molecular formula is C53H32N4S.